The van der Waals surface area contributed by atoms with Crippen LogP contribution in [0.2, 0.25) is 0 Å². The summed E-state index contributed by atoms with van der Waals surface area (Å²) in [5.74, 6) is -0.0872. The highest BCUT2D eigenvalue weighted by Crippen LogP contribution is 2.52. The Kier molecular flexibility index (Phi) is 3.23. The second-order valence-electron chi connectivity index (χ2n) is 7.01. The van der Waals surface area contributed by atoms with E-state index in [2.05, 4.69) is 25.7 Å². The molecule has 3 heteroatoms. The summed E-state index contributed by atoms with van der Waals surface area (Å²) in [6, 6.07) is 0.674. The van der Waals surface area contributed by atoms with Gasteiger partial charge in [-0.3, -0.25) is 9.69 Å². The lowest BCUT2D eigenvalue weighted by molar-refractivity contribution is -0.141. The zero-order valence-electron chi connectivity index (χ0n) is 11.6. The molecule has 2 bridgehead atoms. The monoisotopic (exact) mass is 239 g/mol. The lowest BCUT2D eigenvalue weighted by atomic mass is 9.65. The van der Waals surface area contributed by atoms with E-state index in [9.17, 15) is 4.79 Å². The first-order chi connectivity index (χ1) is 7.84. The maximum absolute atomic E-state index is 11.2. The maximum Gasteiger partial charge on any atom is 0.306 e. The van der Waals surface area contributed by atoms with Gasteiger partial charge in [0.05, 0.1) is 13.5 Å². The zero-order valence-corrected chi connectivity index (χ0v) is 11.6. The first-order valence-corrected chi connectivity index (χ1v) is 6.64. The van der Waals surface area contributed by atoms with Gasteiger partial charge in [-0.15, -0.1) is 0 Å². The fourth-order valence-electron chi connectivity index (χ4n) is 4.18. The van der Waals surface area contributed by atoms with Gasteiger partial charge < -0.3 is 4.74 Å². The summed E-state index contributed by atoms with van der Waals surface area (Å²) >= 11 is 0. The largest absolute Gasteiger partial charge is 0.469 e. The number of likely N-dealkylation sites (tertiary alicyclic amines) is 1. The fraction of sp³-hybridized carbons (Fsp3) is 0.929. The molecule has 0 aromatic heterocycles. The molecule has 2 unspecified atom stereocenters. The molecule has 0 spiro atoms. The molecule has 1 saturated heterocycles. The van der Waals surface area contributed by atoms with Crippen LogP contribution in [0.25, 0.3) is 0 Å². The first-order valence-electron chi connectivity index (χ1n) is 6.64. The summed E-state index contributed by atoms with van der Waals surface area (Å²) in [6.45, 7) is 9.17. The van der Waals surface area contributed by atoms with Crippen molar-refractivity contribution in [1.82, 2.24) is 4.90 Å². The van der Waals surface area contributed by atoms with Crippen LogP contribution in [0.15, 0.2) is 0 Å². The van der Waals surface area contributed by atoms with E-state index in [1.54, 1.807) is 0 Å². The molecule has 3 nitrogen and oxygen atoms in total. The van der Waals surface area contributed by atoms with Crippen molar-refractivity contribution in [3.8, 4) is 0 Å². The van der Waals surface area contributed by atoms with Gasteiger partial charge in [0.1, 0.15) is 0 Å². The quantitative estimate of drug-likeness (QED) is 0.709. The van der Waals surface area contributed by atoms with Crippen LogP contribution in [0, 0.1) is 10.8 Å². The molecule has 98 valence electrons. The molecule has 1 aliphatic heterocycles. The summed E-state index contributed by atoms with van der Waals surface area (Å²) < 4.78 is 4.72. The molecule has 2 fully saturated rings. The number of methoxy groups -OCH3 is 1. The SMILES string of the molecule is COC(=O)CCN1CC2(C)CC1CC(C)(C)C2. The average Bonchev–Trinajstić information content (AvgIpc) is 2.43. The van der Waals surface area contributed by atoms with E-state index in [1.807, 2.05) is 0 Å². The number of hydrogen-bond acceptors (Lipinski definition) is 3. The van der Waals surface area contributed by atoms with E-state index >= 15 is 0 Å². The predicted molar refractivity (Wildman–Crippen MR) is 67.7 cm³/mol. The topological polar surface area (TPSA) is 29.5 Å². The van der Waals surface area contributed by atoms with Gasteiger partial charge in [0.15, 0.2) is 0 Å². The van der Waals surface area contributed by atoms with E-state index in [0.29, 0.717) is 23.3 Å². The second-order valence-corrected chi connectivity index (χ2v) is 7.01. The number of carbonyl (C=O) groups is 1. The van der Waals surface area contributed by atoms with Crippen LogP contribution >= 0.6 is 0 Å². The summed E-state index contributed by atoms with van der Waals surface area (Å²) in [6.07, 6.45) is 4.41. The Bertz CT molecular complexity index is 313. The number of hydrogen-bond donors (Lipinski definition) is 0. The van der Waals surface area contributed by atoms with Gasteiger partial charge in [-0.1, -0.05) is 20.8 Å². The van der Waals surface area contributed by atoms with Crippen LogP contribution in [0.4, 0.5) is 0 Å². The van der Waals surface area contributed by atoms with Crippen molar-refractivity contribution in [2.75, 3.05) is 20.2 Å². The minimum atomic E-state index is -0.0872. The molecule has 0 N–H and O–H groups in total. The van der Waals surface area contributed by atoms with Crippen LogP contribution in [-0.4, -0.2) is 37.1 Å². The minimum absolute atomic E-state index is 0.0872. The minimum Gasteiger partial charge on any atom is -0.469 e. The van der Waals surface area contributed by atoms with Crippen LogP contribution in [-0.2, 0) is 9.53 Å². The van der Waals surface area contributed by atoms with Crippen molar-refractivity contribution in [2.45, 2.75) is 52.5 Å². The van der Waals surface area contributed by atoms with Gasteiger partial charge in [0.25, 0.3) is 0 Å². The molecule has 0 aromatic rings. The number of fused-ring (bicyclic) bond motifs is 2. The van der Waals surface area contributed by atoms with Crippen molar-refractivity contribution >= 4 is 5.97 Å². The van der Waals surface area contributed by atoms with E-state index in [0.717, 1.165) is 13.1 Å². The predicted octanol–water partition coefficient (Wildman–Crippen LogP) is 2.45. The van der Waals surface area contributed by atoms with Gasteiger partial charge in [-0.05, 0) is 30.1 Å². The number of carbonyl (C=O) groups excluding carboxylic acids is 1. The molecule has 2 aliphatic rings. The molecule has 0 aromatic carbocycles. The molecule has 0 amide bonds. The first kappa shape index (κ1) is 12.9. The Morgan fingerprint density at radius 2 is 2.06 bits per heavy atom. The summed E-state index contributed by atoms with van der Waals surface area (Å²) in [5.41, 5.74) is 0.917. The third-order valence-electron chi connectivity index (χ3n) is 4.35. The Morgan fingerprint density at radius 1 is 1.35 bits per heavy atom. The highest BCUT2D eigenvalue weighted by molar-refractivity contribution is 5.69. The maximum atomic E-state index is 11.2. The highest BCUT2D eigenvalue weighted by Gasteiger charge is 2.49. The van der Waals surface area contributed by atoms with Crippen LogP contribution in [0.5, 0.6) is 0 Å². The van der Waals surface area contributed by atoms with Crippen molar-refractivity contribution in [3.63, 3.8) is 0 Å². The third-order valence-corrected chi connectivity index (χ3v) is 4.35. The van der Waals surface area contributed by atoms with Gasteiger partial charge in [-0.2, -0.15) is 0 Å². The molecule has 17 heavy (non-hydrogen) atoms. The summed E-state index contributed by atoms with van der Waals surface area (Å²) in [4.78, 5) is 13.7. The Labute approximate surface area is 105 Å². The molecular formula is C14H25NO2. The molecule has 2 atom stereocenters. The van der Waals surface area contributed by atoms with Gasteiger partial charge in [-0.25, -0.2) is 0 Å². The van der Waals surface area contributed by atoms with Crippen molar-refractivity contribution in [1.29, 1.82) is 0 Å². The highest BCUT2D eigenvalue weighted by atomic mass is 16.5. The molecule has 2 rings (SSSR count). The van der Waals surface area contributed by atoms with Crippen molar-refractivity contribution in [3.05, 3.63) is 0 Å². The van der Waals surface area contributed by atoms with E-state index in [1.165, 1.54) is 26.4 Å². The van der Waals surface area contributed by atoms with Gasteiger partial charge in [0, 0.05) is 19.1 Å². The molecule has 0 radical (unpaired) electrons. The van der Waals surface area contributed by atoms with Crippen LogP contribution in [0.3, 0.4) is 0 Å². The number of rotatable bonds is 3. The lowest BCUT2D eigenvalue weighted by Gasteiger charge is -2.39. The van der Waals surface area contributed by atoms with Gasteiger partial charge >= 0.3 is 5.97 Å². The number of nitrogens with zero attached hydrogens (tertiary/aromatic N) is 1. The molecule has 1 aliphatic carbocycles. The lowest BCUT2D eigenvalue weighted by Crippen LogP contribution is -2.35. The van der Waals surface area contributed by atoms with E-state index in [-0.39, 0.29) is 5.97 Å². The van der Waals surface area contributed by atoms with E-state index in [4.69, 9.17) is 4.74 Å². The standard InChI is InChI=1S/C14H25NO2/c1-13(2)7-11-8-14(3,9-13)10-15(11)6-5-12(16)17-4/h11H,5-10H2,1-4H3. The molecule has 1 heterocycles. The Balaban J connectivity index is 1.96. The molecule has 1 saturated carbocycles. The van der Waals surface area contributed by atoms with E-state index < -0.39 is 0 Å². The average molecular weight is 239 g/mol. The zero-order chi connectivity index (χ0) is 12.7. The summed E-state index contributed by atoms with van der Waals surface area (Å²) in [7, 11) is 1.47. The van der Waals surface area contributed by atoms with Crippen molar-refractivity contribution in [2.24, 2.45) is 10.8 Å². The normalized spacial score (nSPS) is 35.9. The number of ether oxygens (including phenoxy) is 1. The fourth-order valence-corrected chi connectivity index (χ4v) is 4.18. The summed E-state index contributed by atoms with van der Waals surface area (Å²) in [5, 5.41) is 0. The second kappa shape index (κ2) is 4.27. The van der Waals surface area contributed by atoms with Crippen molar-refractivity contribution < 1.29 is 9.53 Å². The smallest absolute Gasteiger partial charge is 0.306 e. The Hall–Kier alpha value is -0.570. The molecular weight excluding hydrogens is 214 g/mol. The third kappa shape index (κ3) is 2.82. The van der Waals surface area contributed by atoms with Crippen LogP contribution < -0.4 is 0 Å². The number of esters is 1. The van der Waals surface area contributed by atoms with Gasteiger partial charge in [0.2, 0.25) is 0 Å². The Morgan fingerprint density at radius 3 is 2.71 bits per heavy atom. The van der Waals surface area contributed by atoms with Crippen LogP contribution in [0.1, 0.15) is 46.5 Å².